The molecule has 0 spiro atoms. The zero-order valence-electron chi connectivity index (χ0n) is 7.72. The molecule has 7 heteroatoms. The third-order valence-corrected chi connectivity index (χ3v) is 1.50. The molecule has 84 valence electrons. The van der Waals surface area contributed by atoms with Gasteiger partial charge in [0.25, 0.3) is 5.91 Å². The van der Waals surface area contributed by atoms with Gasteiger partial charge in [0.15, 0.2) is 6.61 Å². The molecule has 0 saturated heterocycles. The number of carbonyl (C=O) groups excluding carboxylic acids is 1. The van der Waals surface area contributed by atoms with Crippen LogP contribution in [0.1, 0.15) is 16.1 Å². The van der Waals surface area contributed by atoms with Gasteiger partial charge in [0.05, 0.1) is 11.8 Å². The Balaban J connectivity index is 2.41. The van der Waals surface area contributed by atoms with Crippen molar-refractivity contribution in [2.24, 2.45) is 0 Å². The average Bonchev–Trinajstić information content (AvgIpc) is 2.48. The van der Waals surface area contributed by atoms with E-state index in [0.29, 0.717) is 5.76 Å². The van der Waals surface area contributed by atoms with Crippen molar-refractivity contribution < 1.29 is 27.2 Å². The number of aryl methyl sites for hydroxylation is 1. The van der Waals surface area contributed by atoms with Crippen LogP contribution < -0.4 is 5.48 Å². The summed E-state index contributed by atoms with van der Waals surface area (Å²) >= 11 is 0. The normalized spacial score (nSPS) is 11.5. The molecule has 0 aromatic carbocycles. The Hall–Kier alpha value is -1.50. The lowest BCUT2D eigenvalue weighted by Crippen LogP contribution is -2.29. The Kier molecular flexibility index (Phi) is 3.35. The van der Waals surface area contributed by atoms with Crippen molar-refractivity contribution in [2.45, 2.75) is 13.1 Å². The van der Waals surface area contributed by atoms with Gasteiger partial charge in [-0.3, -0.25) is 9.63 Å². The molecule has 0 radical (unpaired) electrons. The number of hydrogen-bond acceptors (Lipinski definition) is 3. The van der Waals surface area contributed by atoms with Crippen LogP contribution in [0.25, 0.3) is 0 Å². The van der Waals surface area contributed by atoms with Gasteiger partial charge >= 0.3 is 6.18 Å². The monoisotopic (exact) mass is 223 g/mol. The van der Waals surface area contributed by atoms with Crippen LogP contribution >= 0.6 is 0 Å². The lowest BCUT2D eigenvalue weighted by Gasteiger charge is -2.07. The van der Waals surface area contributed by atoms with Crippen LogP contribution in [0.2, 0.25) is 0 Å². The molecule has 1 heterocycles. The summed E-state index contributed by atoms with van der Waals surface area (Å²) < 4.78 is 39.7. The van der Waals surface area contributed by atoms with E-state index in [0.717, 1.165) is 0 Å². The summed E-state index contributed by atoms with van der Waals surface area (Å²) in [7, 11) is 0. The molecule has 0 atom stereocenters. The molecule has 0 aliphatic carbocycles. The molecule has 0 bridgehead atoms. The molecule has 15 heavy (non-hydrogen) atoms. The number of hydrogen-bond donors (Lipinski definition) is 1. The van der Waals surface area contributed by atoms with Gasteiger partial charge in [-0.25, -0.2) is 5.48 Å². The fraction of sp³-hybridized carbons (Fsp3) is 0.375. The molecule has 1 rings (SSSR count). The number of hydroxylamine groups is 1. The molecule has 0 aliphatic rings. The predicted molar refractivity (Wildman–Crippen MR) is 42.9 cm³/mol. The molecule has 0 fully saturated rings. The second kappa shape index (κ2) is 4.35. The van der Waals surface area contributed by atoms with E-state index >= 15 is 0 Å². The van der Waals surface area contributed by atoms with E-state index in [4.69, 9.17) is 4.42 Å². The van der Waals surface area contributed by atoms with Crippen molar-refractivity contribution >= 4 is 5.91 Å². The van der Waals surface area contributed by atoms with Crippen molar-refractivity contribution in [3.8, 4) is 0 Å². The van der Waals surface area contributed by atoms with Gasteiger partial charge in [0.1, 0.15) is 5.76 Å². The van der Waals surface area contributed by atoms with Gasteiger partial charge in [0, 0.05) is 0 Å². The number of furan rings is 1. The van der Waals surface area contributed by atoms with E-state index < -0.39 is 18.7 Å². The summed E-state index contributed by atoms with van der Waals surface area (Å²) in [6.07, 6.45) is -3.22. The molecular weight excluding hydrogens is 215 g/mol. The zero-order valence-corrected chi connectivity index (χ0v) is 7.72. The van der Waals surface area contributed by atoms with Crippen LogP contribution in [-0.4, -0.2) is 18.7 Å². The zero-order chi connectivity index (χ0) is 11.5. The Morgan fingerprint density at radius 3 is 2.73 bits per heavy atom. The predicted octanol–water partition coefficient (Wildman–Crippen LogP) is 1.81. The third-order valence-electron chi connectivity index (χ3n) is 1.50. The number of amides is 1. The first kappa shape index (κ1) is 11.6. The van der Waals surface area contributed by atoms with E-state index in [9.17, 15) is 18.0 Å². The minimum atomic E-state index is -4.47. The van der Waals surface area contributed by atoms with Crippen LogP contribution in [0.15, 0.2) is 16.7 Å². The smallest absolute Gasteiger partial charge is 0.414 e. The van der Waals surface area contributed by atoms with Crippen molar-refractivity contribution in [1.82, 2.24) is 5.48 Å². The average molecular weight is 223 g/mol. The van der Waals surface area contributed by atoms with Gasteiger partial charge in [-0.2, -0.15) is 13.2 Å². The highest BCUT2D eigenvalue weighted by Crippen LogP contribution is 2.14. The maximum absolute atomic E-state index is 11.6. The van der Waals surface area contributed by atoms with Crippen LogP contribution in [0, 0.1) is 6.92 Å². The van der Waals surface area contributed by atoms with Gasteiger partial charge in [-0.15, -0.1) is 0 Å². The number of rotatable bonds is 3. The Morgan fingerprint density at radius 2 is 2.27 bits per heavy atom. The molecule has 1 aromatic rings. The van der Waals surface area contributed by atoms with Crippen LogP contribution in [0.4, 0.5) is 13.2 Å². The van der Waals surface area contributed by atoms with Gasteiger partial charge in [-0.05, 0) is 13.0 Å². The molecule has 1 aromatic heterocycles. The number of halogens is 3. The van der Waals surface area contributed by atoms with Crippen LogP contribution in [0.3, 0.4) is 0 Å². The van der Waals surface area contributed by atoms with E-state index in [-0.39, 0.29) is 5.56 Å². The van der Waals surface area contributed by atoms with Crippen molar-refractivity contribution in [2.75, 3.05) is 6.61 Å². The number of carbonyl (C=O) groups is 1. The highest BCUT2D eigenvalue weighted by atomic mass is 19.4. The van der Waals surface area contributed by atoms with E-state index in [1.54, 1.807) is 5.48 Å². The maximum atomic E-state index is 11.6. The summed E-state index contributed by atoms with van der Waals surface area (Å²) in [4.78, 5) is 15.1. The lowest BCUT2D eigenvalue weighted by molar-refractivity contribution is -0.184. The lowest BCUT2D eigenvalue weighted by atomic mass is 10.2. The summed E-state index contributed by atoms with van der Waals surface area (Å²) in [5, 5.41) is 0. The Bertz CT molecular complexity index is 345. The Morgan fingerprint density at radius 1 is 1.60 bits per heavy atom. The molecule has 0 unspecified atom stereocenters. The Labute approximate surface area is 83.0 Å². The van der Waals surface area contributed by atoms with Crippen LogP contribution in [-0.2, 0) is 4.84 Å². The summed E-state index contributed by atoms with van der Waals surface area (Å²) in [5.41, 5.74) is 1.80. The van der Waals surface area contributed by atoms with E-state index in [2.05, 4.69) is 4.84 Å². The standard InChI is InChI=1S/C8H8F3NO3/c1-5-6(2-3-14-5)7(13)12-15-4-8(9,10)11/h2-3H,4H2,1H3,(H,12,13). The summed E-state index contributed by atoms with van der Waals surface area (Å²) in [6.45, 7) is -0.0195. The molecule has 4 nitrogen and oxygen atoms in total. The fourth-order valence-corrected chi connectivity index (χ4v) is 0.859. The molecule has 0 aliphatic heterocycles. The van der Waals surface area contributed by atoms with Gasteiger partial charge in [0.2, 0.25) is 0 Å². The quantitative estimate of drug-likeness (QED) is 0.795. The second-order valence-corrected chi connectivity index (χ2v) is 2.73. The fourth-order valence-electron chi connectivity index (χ4n) is 0.859. The first-order chi connectivity index (χ1) is 6.90. The SMILES string of the molecule is Cc1occc1C(=O)NOCC(F)(F)F. The van der Waals surface area contributed by atoms with Gasteiger partial charge < -0.3 is 4.42 Å². The second-order valence-electron chi connectivity index (χ2n) is 2.73. The third kappa shape index (κ3) is 3.62. The van der Waals surface area contributed by atoms with Gasteiger partial charge in [-0.1, -0.05) is 0 Å². The first-order valence-corrected chi connectivity index (χ1v) is 3.93. The first-order valence-electron chi connectivity index (χ1n) is 3.93. The summed E-state index contributed by atoms with van der Waals surface area (Å²) in [5.74, 6) is -0.464. The summed E-state index contributed by atoms with van der Waals surface area (Å²) in [6, 6.07) is 1.33. The molecule has 1 amide bonds. The highest BCUT2D eigenvalue weighted by Gasteiger charge is 2.28. The molecule has 1 N–H and O–H groups in total. The number of nitrogens with one attached hydrogen (secondary N) is 1. The highest BCUT2D eigenvalue weighted by molar-refractivity contribution is 5.94. The maximum Gasteiger partial charge on any atom is 0.414 e. The van der Waals surface area contributed by atoms with Crippen molar-refractivity contribution in [3.63, 3.8) is 0 Å². The topological polar surface area (TPSA) is 51.5 Å². The number of alkyl halides is 3. The molecular formula is C8H8F3NO3. The largest absolute Gasteiger partial charge is 0.469 e. The minimum Gasteiger partial charge on any atom is -0.469 e. The van der Waals surface area contributed by atoms with E-state index in [1.165, 1.54) is 19.3 Å². The molecule has 0 saturated carbocycles. The van der Waals surface area contributed by atoms with Crippen molar-refractivity contribution in [1.29, 1.82) is 0 Å². The van der Waals surface area contributed by atoms with E-state index in [1.807, 2.05) is 0 Å². The minimum absolute atomic E-state index is 0.136. The van der Waals surface area contributed by atoms with Crippen molar-refractivity contribution in [3.05, 3.63) is 23.7 Å². The van der Waals surface area contributed by atoms with Crippen LogP contribution in [0.5, 0.6) is 0 Å².